The molecule has 3 heteroatoms. The third kappa shape index (κ3) is 4.92. The van der Waals surface area contributed by atoms with Crippen molar-refractivity contribution in [2.24, 2.45) is 11.8 Å². The molecule has 0 radical (unpaired) electrons. The second-order valence-electron chi connectivity index (χ2n) is 7.86. The normalized spacial score (nSPS) is 37.5. The molecule has 2 aliphatic carbocycles. The average Bonchev–Trinajstić information content (AvgIpc) is 3.05. The van der Waals surface area contributed by atoms with E-state index in [1.54, 1.807) is 0 Å². The van der Waals surface area contributed by atoms with E-state index < -0.39 is 6.17 Å². The van der Waals surface area contributed by atoms with Gasteiger partial charge in [-0.3, -0.25) is 0 Å². The number of likely N-dealkylation sites (tertiary alicyclic amines) is 1. The van der Waals surface area contributed by atoms with Crippen molar-refractivity contribution in [3.63, 3.8) is 0 Å². The Kier molecular flexibility index (Phi) is 6.55. The van der Waals surface area contributed by atoms with Gasteiger partial charge in [0.25, 0.3) is 0 Å². The van der Waals surface area contributed by atoms with Crippen LogP contribution >= 0.6 is 0 Å². The van der Waals surface area contributed by atoms with Crippen LogP contribution in [0, 0.1) is 11.8 Å². The van der Waals surface area contributed by atoms with E-state index in [-0.39, 0.29) is 0 Å². The number of alkyl halides is 1. The van der Waals surface area contributed by atoms with Crippen molar-refractivity contribution in [1.29, 1.82) is 0 Å². The van der Waals surface area contributed by atoms with Crippen LogP contribution in [0.3, 0.4) is 0 Å². The van der Waals surface area contributed by atoms with E-state index in [1.807, 2.05) is 0 Å². The molecule has 0 bridgehead atoms. The zero-order valence-electron chi connectivity index (χ0n) is 14.1. The van der Waals surface area contributed by atoms with Gasteiger partial charge in [-0.25, -0.2) is 4.39 Å². The van der Waals surface area contributed by atoms with Gasteiger partial charge >= 0.3 is 0 Å². The lowest BCUT2D eigenvalue weighted by Gasteiger charge is -2.33. The molecular weight excluding hydrogens is 277 g/mol. The smallest absolute Gasteiger partial charge is 0.103 e. The van der Waals surface area contributed by atoms with E-state index in [9.17, 15) is 4.39 Å². The van der Waals surface area contributed by atoms with Crippen LogP contribution in [0.15, 0.2) is 0 Å². The van der Waals surface area contributed by atoms with Crippen molar-refractivity contribution in [2.45, 2.75) is 82.9 Å². The number of hydrogen-bond donors (Lipinski definition) is 0. The molecule has 1 saturated heterocycles. The van der Waals surface area contributed by atoms with Gasteiger partial charge in [0.05, 0.1) is 12.7 Å². The molecule has 2 saturated carbocycles. The van der Waals surface area contributed by atoms with Gasteiger partial charge in [-0.1, -0.05) is 12.8 Å². The molecule has 2 atom stereocenters. The van der Waals surface area contributed by atoms with Crippen molar-refractivity contribution >= 4 is 0 Å². The highest BCUT2D eigenvalue weighted by atomic mass is 19.1. The molecule has 3 rings (SSSR count). The summed E-state index contributed by atoms with van der Waals surface area (Å²) >= 11 is 0. The maximum Gasteiger partial charge on any atom is 0.103 e. The van der Waals surface area contributed by atoms with E-state index in [0.29, 0.717) is 12.0 Å². The summed E-state index contributed by atoms with van der Waals surface area (Å²) in [6.45, 7) is 4.56. The van der Waals surface area contributed by atoms with Crippen molar-refractivity contribution in [3.8, 4) is 0 Å². The van der Waals surface area contributed by atoms with Crippen LogP contribution in [-0.4, -0.2) is 43.4 Å². The predicted molar refractivity (Wildman–Crippen MR) is 88.8 cm³/mol. The lowest BCUT2D eigenvalue weighted by Crippen LogP contribution is -2.30. The summed E-state index contributed by atoms with van der Waals surface area (Å²) in [5, 5.41) is 0. The monoisotopic (exact) mass is 311 g/mol. The van der Waals surface area contributed by atoms with Crippen LogP contribution in [0.4, 0.5) is 4.39 Å². The first-order valence-electron chi connectivity index (χ1n) is 9.79. The lowest BCUT2D eigenvalue weighted by atomic mass is 9.76. The minimum Gasteiger partial charge on any atom is -0.377 e. The van der Waals surface area contributed by atoms with E-state index in [2.05, 4.69) is 4.90 Å². The molecule has 0 spiro atoms. The molecular formula is C19H34FNO. The highest BCUT2D eigenvalue weighted by molar-refractivity contribution is 4.81. The summed E-state index contributed by atoms with van der Waals surface area (Å²) in [4.78, 5) is 2.52. The van der Waals surface area contributed by atoms with E-state index >= 15 is 0 Å². The molecule has 3 fully saturated rings. The summed E-state index contributed by atoms with van der Waals surface area (Å²) in [6.07, 6.45) is 13.1. The van der Waals surface area contributed by atoms with Gasteiger partial charge in [0.2, 0.25) is 0 Å². The minimum atomic E-state index is -0.511. The number of ether oxygens (including phenoxy) is 1. The fraction of sp³-hybridized carbons (Fsp3) is 1.00. The standard InChI is InChI=1S/C19H34FNO/c20-19-6-2-1-5-17(19)15-16-7-9-18(10-8-16)22-14-13-21-11-3-4-12-21/h16-19H,1-15H2. The van der Waals surface area contributed by atoms with Crippen LogP contribution in [0.2, 0.25) is 0 Å². The molecule has 0 amide bonds. The van der Waals surface area contributed by atoms with Crippen LogP contribution in [0.1, 0.15) is 70.6 Å². The number of halogens is 1. The van der Waals surface area contributed by atoms with E-state index in [1.165, 1.54) is 58.0 Å². The second kappa shape index (κ2) is 8.63. The number of hydrogen-bond acceptors (Lipinski definition) is 2. The quantitative estimate of drug-likeness (QED) is 0.712. The Balaban J connectivity index is 1.28. The van der Waals surface area contributed by atoms with Crippen LogP contribution < -0.4 is 0 Å². The van der Waals surface area contributed by atoms with Gasteiger partial charge in [0.15, 0.2) is 0 Å². The van der Waals surface area contributed by atoms with Crippen LogP contribution in [-0.2, 0) is 4.74 Å². The van der Waals surface area contributed by atoms with Crippen LogP contribution in [0.5, 0.6) is 0 Å². The first-order valence-corrected chi connectivity index (χ1v) is 9.79. The summed E-state index contributed by atoms with van der Waals surface area (Å²) in [7, 11) is 0. The summed E-state index contributed by atoms with van der Waals surface area (Å²) in [5.41, 5.74) is 0. The predicted octanol–water partition coefficient (Wildman–Crippen LogP) is 4.58. The average molecular weight is 311 g/mol. The topological polar surface area (TPSA) is 12.5 Å². The lowest BCUT2D eigenvalue weighted by molar-refractivity contribution is 0.00470. The molecule has 128 valence electrons. The van der Waals surface area contributed by atoms with Gasteiger partial charge in [-0.2, -0.15) is 0 Å². The molecule has 2 nitrogen and oxygen atoms in total. The van der Waals surface area contributed by atoms with Crippen molar-refractivity contribution in [2.75, 3.05) is 26.2 Å². The van der Waals surface area contributed by atoms with Gasteiger partial charge in [-0.15, -0.1) is 0 Å². The summed E-state index contributed by atoms with van der Waals surface area (Å²) in [6, 6.07) is 0. The highest BCUT2D eigenvalue weighted by Crippen LogP contribution is 2.37. The molecule has 22 heavy (non-hydrogen) atoms. The molecule has 1 aliphatic heterocycles. The van der Waals surface area contributed by atoms with E-state index in [4.69, 9.17) is 4.74 Å². The van der Waals surface area contributed by atoms with Crippen molar-refractivity contribution in [3.05, 3.63) is 0 Å². The Hall–Kier alpha value is -0.150. The number of rotatable bonds is 6. The van der Waals surface area contributed by atoms with Gasteiger partial charge in [0, 0.05) is 6.54 Å². The fourth-order valence-electron chi connectivity index (χ4n) is 4.75. The maximum atomic E-state index is 14.0. The zero-order chi connectivity index (χ0) is 15.2. The third-order valence-corrected chi connectivity index (χ3v) is 6.21. The molecule has 0 aromatic heterocycles. The Bertz CT molecular complexity index is 311. The first kappa shape index (κ1) is 16.7. The fourth-order valence-corrected chi connectivity index (χ4v) is 4.75. The SMILES string of the molecule is FC1CCCCC1CC1CCC(OCCN2CCCC2)CC1. The summed E-state index contributed by atoms with van der Waals surface area (Å²) < 4.78 is 20.1. The summed E-state index contributed by atoms with van der Waals surface area (Å²) in [5.74, 6) is 1.13. The van der Waals surface area contributed by atoms with Gasteiger partial charge < -0.3 is 9.64 Å². The molecule has 0 aromatic carbocycles. The van der Waals surface area contributed by atoms with E-state index in [0.717, 1.165) is 44.8 Å². The second-order valence-corrected chi connectivity index (χ2v) is 7.86. The first-order chi connectivity index (χ1) is 10.8. The molecule has 0 aromatic rings. The zero-order valence-corrected chi connectivity index (χ0v) is 14.1. The maximum absolute atomic E-state index is 14.0. The Labute approximate surface area is 135 Å². The molecule has 3 aliphatic rings. The molecule has 0 N–H and O–H groups in total. The van der Waals surface area contributed by atoms with Crippen molar-refractivity contribution in [1.82, 2.24) is 4.90 Å². The van der Waals surface area contributed by atoms with Gasteiger partial charge in [0.1, 0.15) is 6.17 Å². The molecule has 1 heterocycles. The van der Waals surface area contributed by atoms with Crippen LogP contribution in [0.25, 0.3) is 0 Å². The minimum absolute atomic E-state index is 0.367. The largest absolute Gasteiger partial charge is 0.377 e. The van der Waals surface area contributed by atoms with Crippen molar-refractivity contribution < 1.29 is 9.13 Å². The number of nitrogens with zero attached hydrogens (tertiary/aromatic N) is 1. The highest BCUT2D eigenvalue weighted by Gasteiger charge is 2.29. The Morgan fingerprint density at radius 1 is 0.864 bits per heavy atom. The molecule has 2 unspecified atom stereocenters. The third-order valence-electron chi connectivity index (χ3n) is 6.21. The Morgan fingerprint density at radius 2 is 1.59 bits per heavy atom. The Morgan fingerprint density at radius 3 is 2.32 bits per heavy atom. The van der Waals surface area contributed by atoms with Gasteiger partial charge in [-0.05, 0) is 82.7 Å².